The van der Waals surface area contributed by atoms with Gasteiger partial charge in [-0.05, 0) is 20.8 Å². The molecule has 0 unspecified atom stereocenters. The molecule has 0 aromatic carbocycles. The Bertz CT molecular complexity index is 28.6. The van der Waals surface area contributed by atoms with Crippen LogP contribution < -0.4 is 0 Å². The molecular weight excluding hydrogens is 100 g/mol. The molecule has 0 fully saturated rings. The second-order valence-corrected chi connectivity index (χ2v) is 1.50. The van der Waals surface area contributed by atoms with E-state index >= 15 is 0 Å². The number of aliphatic hydroxyl groups excluding tert-OH is 1. The van der Waals surface area contributed by atoms with Crippen molar-refractivity contribution in [3.63, 3.8) is 0 Å². The zero-order valence-corrected chi connectivity index (χ0v) is 5.31. The number of hydrogen-bond donors (Lipinski definition) is 1. The summed E-state index contributed by atoms with van der Waals surface area (Å²) in [4.78, 5) is 0. The maximum atomic E-state index is 8.06. The van der Waals surface area contributed by atoms with Crippen molar-refractivity contribution in [1.29, 1.82) is 0 Å². The molecule has 1 heteroatoms. The minimum Gasteiger partial charge on any atom is -0.394 e. The maximum absolute atomic E-state index is 8.06. The van der Waals surface area contributed by atoms with Crippen LogP contribution in [-0.2, 0) is 0 Å². The van der Waals surface area contributed by atoms with Crippen LogP contribution in [0.15, 0.2) is 12.7 Å². The molecule has 0 aliphatic carbocycles. The molecule has 0 bridgehead atoms. The van der Waals surface area contributed by atoms with Crippen LogP contribution >= 0.6 is 0 Å². The van der Waals surface area contributed by atoms with Crippen LogP contribution in [0, 0.1) is 0 Å². The zero-order chi connectivity index (χ0) is 6.28. The summed E-state index contributed by atoms with van der Waals surface area (Å²) >= 11 is 0. The molecule has 0 heterocycles. The van der Waals surface area contributed by atoms with E-state index in [9.17, 15) is 0 Å². The lowest BCUT2D eigenvalue weighted by molar-refractivity contribution is 0.216. The van der Waals surface area contributed by atoms with Gasteiger partial charge < -0.3 is 5.11 Å². The van der Waals surface area contributed by atoms with Crippen molar-refractivity contribution in [3.8, 4) is 0 Å². The second-order valence-electron chi connectivity index (χ2n) is 1.50. The first-order valence-electron chi connectivity index (χ1n) is 2.40. The zero-order valence-electron chi connectivity index (χ0n) is 5.31. The Morgan fingerprint density at radius 1 is 1.50 bits per heavy atom. The Hall–Kier alpha value is -0.300. The van der Waals surface area contributed by atoms with Crippen LogP contribution in [0.2, 0.25) is 0 Å². The molecule has 1 nitrogen and oxygen atoms in total. The molecule has 0 aromatic rings. The molecule has 0 aromatic heterocycles. The van der Waals surface area contributed by atoms with Gasteiger partial charge in [0.1, 0.15) is 0 Å². The van der Waals surface area contributed by atoms with E-state index in [-0.39, 0.29) is 13.5 Å². The fraction of sp³-hybridized carbons (Fsp3) is 0.714. The van der Waals surface area contributed by atoms with Crippen molar-refractivity contribution < 1.29 is 5.11 Å². The summed E-state index contributed by atoms with van der Waals surface area (Å²) in [5.41, 5.74) is 0. The third-order valence-electron chi connectivity index (χ3n) is 0. The van der Waals surface area contributed by atoms with Gasteiger partial charge >= 0.3 is 0 Å². The van der Waals surface area contributed by atoms with Crippen molar-refractivity contribution in [2.24, 2.45) is 0 Å². The molecule has 0 saturated heterocycles. The first-order chi connectivity index (χ1) is 3.15. The van der Waals surface area contributed by atoms with E-state index in [1.807, 2.05) is 6.92 Å². The average Bonchev–Trinajstić information content (AvgIpc) is 1.33. The fourth-order valence-electron chi connectivity index (χ4n) is 0. The van der Waals surface area contributed by atoms with Crippen molar-refractivity contribution in [2.45, 2.75) is 34.3 Å². The Kier molecular flexibility index (Phi) is 31.1. The third-order valence-corrected chi connectivity index (χ3v) is 0. The van der Waals surface area contributed by atoms with E-state index in [1.165, 1.54) is 0 Å². The smallest absolute Gasteiger partial charge is 0.0483 e. The van der Waals surface area contributed by atoms with Gasteiger partial charge in [0.25, 0.3) is 0 Å². The largest absolute Gasteiger partial charge is 0.394 e. The number of rotatable bonds is 0. The van der Waals surface area contributed by atoms with Crippen molar-refractivity contribution >= 4 is 0 Å². The lowest BCUT2D eigenvalue weighted by Gasteiger charge is -1.80. The summed E-state index contributed by atoms with van der Waals surface area (Å²) < 4.78 is 0. The fourth-order valence-corrected chi connectivity index (χ4v) is 0. The second kappa shape index (κ2) is 15.9. The first kappa shape index (κ1) is 15.6. The van der Waals surface area contributed by atoms with Crippen LogP contribution in [0.1, 0.15) is 28.2 Å². The van der Waals surface area contributed by atoms with E-state index in [2.05, 4.69) is 6.58 Å². The highest BCUT2D eigenvalue weighted by Gasteiger charge is 1.69. The lowest BCUT2D eigenvalue weighted by atomic mass is 10.5. The van der Waals surface area contributed by atoms with Gasteiger partial charge in [-0.1, -0.05) is 13.5 Å². The van der Waals surface area contributed by atoms with E-state index in [0.717, 1.165) is 0 Å². The monoisotopic (exact) mass is 118 g/mol. The summed E-state index contributed by atoms with van der Waals surface area (Å²) in [6.45, 7) is 8.69. The summed E-state index contributed by atoms with van der Waals surface area (Å²) in [6.07, 6.45) is 1.58. The van der Waals surface area contributed by atoms with Gasteiger partial charge in [-0.15, -0.1) is 6.58 Å². The molecule has 0 saturated carbocycles. The number of aliphatic hydroxyl groups is 1. The molecule has 0 aliphatic rings. The summed E-state index contributed by atoms with van der Waals surface area (Å²) in [5.74, 6) is 0. The quantitative estimate of drug-likeness (QED) is 0.483. The van der Waals surface area contributed by atoms with E-state index < -0.39 is 0 Å². The Morgan fingerprint density at radius 2 is 1.50 bits per heavy atom. The van der Waals surface area contributed by atoms with Gasteiger partial charge in [0.2, 0.25) is 0 Å². The van der Waals surface area contributed by atoms with Crippen molar-refractivity contribution in [1.82, 2.24) is 0 Å². The van der Waals surface area contributed by atoms with Crippen LogP contribution in [-0.4, -0.2) is 11.2 Å². The molecule has 1 N–H and O–H groups in total. The van der Waals surface area contributed by atoms with E-state index in [4.69, 9.17) is 5.11 Å². The van der Waals surface area contributed by atoms with Crippen LogP contribution in [0.5, 0.6) is 0 Å². The van der Waals surface area contributed by atoms with Gasteiger partial charge in [-0.2, -0.15) is 0 Å². The van der Waals surface area contributed by atoms with E-state index in [0.29, 0.717) is 0 Å². The van der Waals surface area contributed by atoms with Gasteiger partial charge in [-0.3, -0.25) is 0 Å². The minimum atomic E-state index is -0.167. The van der Waals surface area contributed by atoms with Gasteiger partial charge in [0.05, 0.1) is 0 Å². The van der Waals surface area contributed by atoms with Gasteiger partial charge in [0, 0.05) is 6.10 Å². The predicted molar refractivity (Wildman–Crippen MR) is 40.0 cm³/mol. The highest BCUT2D eigenvalue weighted by Crippen LogP contribution is 1.65. The van der Waals surface area contributed by atoms with E-state index in [1.54, 1.807) is 19.9 Å². The molecule has 52 valence electrons. The van der Waals surface area contributed by atoms with Crippen molar-refractivity contribution in [2.75, 3.05) is 0 Å². The standard InChI is InChI=1S/C3H8O.C3H6.CH4/c1-3(2)4;1-3-2;/h3-4H,1-2H3;3H,1H2,2H3;1H4. The van der Waals surface area contributed by atoms with Gasteiger partial charge in [-0.25, -0.2) is 0 Å². The van der Waals surface area contributed by atoms with Crippen LogP contribution in [0.25, 0.3) is 0 Å². The van der Waals surface area contributed by atoms with Gasteiger partial charge in [0.15, 0.2) is 0 Å². The topological polar surface area (TPSA) is 20.2 Å². The van der Waals surface area contributed by atoms with Crippen LogP contribution in [0.3, 0.4) is 0 Å². The molecule has 0 radical (unpaired) electrons. The lowest BCUT2D eigenvalue weighted by Crippen LogP contribution is -1.85. The molecule has 0 spiro atoms. The highest BCUT2D eigenvalue weighted by atomic mass is 16.3. The minimum absolute atomic E-state index is 0. The van der Waals surface area contributed by atoms with Crippen molar-refractivity contribution in [3.05, 3.63) is 12.7 Å². The molecule has 0 atom stereocenters. The Labute approximate surface area is 53.0 Å². The molecular formula is C7H18O. The Morgan fingerprint density at radius 3 is 1.50 bits per heavy atom. The normalized spacial score (nSPS) is 6.12. The highest BCUT2D eigenvalue weighted by molar-refractivity contribution is 4.51. The first-order valence-corrected chi connectivity index (χ1v) is 2.40. The molecule has 0 aliphatic heterocycles. The molecule has 0 rings (SSSR count). The molecule has 0 amide bonds. The SMILES string of the molecule is C.C=CC.CC(C)O. The average molecular weight is 118 g/mol. The maximum Gasteiger partial charge on any atom is 0.0483 e. The number of allylic oxidation sites excluding steroid dienone is 1. The summed E-state index contributed by atoms with van der Waals surface area (Å²) in [5, 5.41) is 8.06. The Balaban J connectivity index is -0.0000000575. The summed E-state index contributed by atoms with van der Waals surface area (Å²) in [7, 11) is 0. The predicted octanol–water partition coefficient (Wildman–Crippen LogP) is 2.22. The summed E-state index contributed by atoms with van der Waals surface area (Å²) in [6, 6.07) is 0. The number of hydrogen-bond acceptors (Lipinski definition) is 1. The third kappa shape index (κ3) is 1400. The molecule has 8 heavy (non-hydrogen) atoms. The van der Waals surface area contributed by atoms with Crippen LogP contribution in [0.4, 0.5) is 0 Å².